The molecule has 13 heavy (non-hydrogen) atoms. The molecule has 0 spiro atoms. The fraction of sp³-hybridized carbons (Fsp3) is 0.400. The van der Waals surface area contributed by atoms with Crippen LogP contribution in [0.1, 0.15) is 26.2 Å². The van der Waals surface area contributed by atoms with Crippen molar-refractivity contribution in [2.24, 2.45) is 0 Å². The monoisotopic (exact) mass is 198 g/mol. The normalized spacial score (nSPS) is 17.1. The Hall–Kier alpha value is -0.890. The quantitative estimate of drug-likeness (QED) is 0.516. The molecule has 1 aliphatic carbocycles. The summed E-state index contributed by atoms with van der Waals surface area (Å²) in [6, 6.07) is 0. The number of Topliss-reactive ketones (excluding diaryl/α,β-unsaturated/α-hetero) is 2. The standard InChI is InChI=1S/C10H11ClO2/c1-2-3-4-7-5-6-8(11)10(13)9(7)12/h5-6H,2-4H2,1H3. The molecule has 0 heterocycles. The molecule has 0 aromatic rings. The van der Waals surface area contributed by atoms with Crippen LogP contribution in [0.2, 0.25) is 0 Å². The van der Waals surface area contributed by atoms with Gasteiger partial charge in [0.2, 0.25) is 11.6 Å². The number of rotatable bonds is 3. The Morgan fingerprint density at radius 1 is 1.23 bits per heavy atom. The fourth-order valence-corrected chi connectivity index (χ4v) is 1.29. The zero-order valence-corrected chi connectivity index (χ0v) is 8.23. The van der Waals surface area contributed by atoms with E-state index in [-0.39, 0.29) is 5.03 Å². The van der Waals surface area contributed by atoms with Crippen LogP contribution in [0.5, 0.6) is 0 Å². The zero-order valence-electron chi connectivity index (χ0n) is 7.47. The molecule has 0 atom stereocenters. The lowest BCUT2D eigenvalue weighted by Gasteiger charge is -2.07. The first-order valence-electron chi connectivity index (χ1n) is 4.32. The Labute approximate surface area is 82.3 Å². The van der Waals surface area contributed by atoms with Gasteiger partial charge in [0.1, 0.15) is 0 Å². The molecule has 1 aliphatic rings. The summed E-state index contributed by atoms with van der Waals surface area (Å²) in [7, 11) is 0. The topological polar surface area (TPSA) is 34.1 Å². The Kier molecular flexibility index (Phi) is 3.43. The van der Waals surface area contributed by atoms with E-state index in [0.29, 0.717) is 12.0 Å². The molecule has 0 amide bonds. The zero-order chi connectivity index (χ0) is 9.84. The molecule has 0 aliphatic heterocycles. The third kappa shape index (κ3) is 2.28. The van der Waals surface area contributed by atoms with Gasteiger partial charge in [0.05, 0.1) is 5.03 Å². The lowest BCUT2D eigenvalue weighted by atomic mass is 9.97. The highest BCUT2D eigenvalue weighted by Crippen LogP contribution is 2.18. The van der Waals surface area contributed by atoms with E-state index in [1.54, 1.807) is 6.08 Å². The Morgan fingerprint density at radius 3 is 2.54 bits per heavy atom. The molecule has 0 saturated heterocycles. The molecule has 0 N–H and O–H groups in total. The van der Waals surface area contributed by atoms with Gasteiger partial charge in [0.25, 0.3) is 0 Å². The van der Waals surface area contributed by atoms with Crippen LogP contribution >= 0.6 is 11.6 Å². The van der Waals surface area contributed by atoms with Gasteiger partial charge in [-0.3, -0.25) is 9.59 Å². The predicted molar refractivity (Wildman–Crippen MR) is 51.6 cm³/mol. The number of carbonyl (C=O) groups is 2. The number of hydrogen-bond acceptors (Lipinski definition) is 2. The van der Waals surface area contributed by atoms with Crippen molar-refractivity contribution in [3.8, 4) is 0 Å². The minimum Gasteiger partial charge on any atom is -0.285 e. The van der Waals surface area contributed by atoms with Crippen molar-refractivity contribution < 1.29 is 9.59 Å². The van der Waals surface area contributed by atoms with Crippen LogP contribution in [0.4, 0.5) is 0 Å². The number of hydrogen-bond donors (Lipinski definition) is 0. The Morgan fingerprint density at radius 2 is 1.92 bits per heavy atom. The van der Waals surface area contributed by atoms with Crippen LogP contribution < -0.4 is 0 Å². The first kappa shape index (κ1) is 10.2. The maximum absolute atomic E-state index is 11.3. The number of halogens is 1. The van der Waals surface area contributed by atoms with Crippen LogP contribution in [0.15, 0.2) is 22.8 Å². The van der Waals surface area contributed by atoms with E-state index in [0.717, 1.165) is 12.8 Å². The second-order valence-corrected chi connectivity index (χ2v) is 3.38. The first-order valence-corrected chi connectivity index (χ1v) is 4.70. The average Bonchev–Trinajstić information content (AvgIpc) is 2.13. The third-order valence-electron chi connectivity index (χ3n) is 1.95. The Bertz CT molecular complexity index is 300. The smallest absolute Gasteiger partial charge is 0.244 e. The minimum absolute atomic E-state index is 0.0187. The molecular weight excluding hydrogens is 188 g/mol. The maximum atomic E-state index is 11.3. The molecule has 1 rings (SSSR count). The summed E-state index contributed by atoms with van der Waals surface area (Å²) in [6.45, 7) is 2.04. The molecule has 0 fully saturated rings. The molecule has 0 radical (unpaired) electrons. The summed E-state index contributed by atoms with van der Waals surface area (Å²) in [4.78, 5) is 22.4. The lowest BCUT2D eigenvalue weighted by Crippen LogP contribution is -2.19. The summed E-state index contributed by atoms with van der Waals surface area (Å²) in [6.07, 6.45) is 5.74. The van der Waals surface area contributed by atoms with E-state index in [1.165, 1.54) is 6.08 Å². The lowest BCUT2D eigenvalue weighted by molar-refractivity contribution is -0.132. The number of allylic oxidation sites excluding steroid dienone is 4. The summed E-state index contributed by atoms with van der Waals surface area (Å²) < 4.78 is 0. The van der Waals surface area contributed by atoms with E-state index < -0.39 is 11.6 Å². The number of carbonyl (C=O) groups excluding carboxylic acids is 2. The summed E-state index contributed by atoms with van der Waals surface area (Å²) >= 11 is 5.51. The molecule has 0 aromatic heterocycles. The van der Waals surface area contributed by atoms with Crippen molar-refractivity contribution >= 4 is 23.2 Å². The molecule has 70 valence electrons. The van der Waals surface area contributed by atoms with Crippen LogP contribution in [-0.2, 0) is 9.59 Å². The van der Waals surface area contributed by atoms with Crippen molar-refractivity contribution in [1.82, 2.24) is 0 Å². The summed E-state index contributed by atoms with van der Waals surface area (Å²) in [5.74, 6) is -1.02. The third-order valence-corrected chi connectivity index (χ3v) is 2.24. The second-order valence-electron chi connectivity index (χ2n) is 2.97. The molecule has 3 heteroatoms. The largest absolute Gasteiger partial charge is 0.285 e. The molecule has 2 nitrogen and oxygen atoms in total. The number of ketones is 2. The SMILES string of the molecule is CCCCC1=CC=C(Cl)C(=O)C1=O. The van der Waals surface area contributed by atoms with Crippen LogP contribution in [-0.4, -0.2) is 11.6 Å². The van der Waals surface area contributed by atoms with E-state index in [2.05, 4.69) is 0 Å². The van der Waals surface area contributed by atoms with Crippen LogP contribution in [0.3, 0.4) is 0 Å². The minimum atomic E-state index is -0.574. The van der Waals surface area contributed by atoms with Gasteiger partial charge >= 0.3 is 0 Å². The highest BCUT2D eigenvalue weighted by molar-refractivity contribution is 6.61. The van der Waals surface area contributed by atoms with Gasteiger partial charge in [-0.25, -0.2) is 0 Å². The average molecular weight is 199 g/mol. The van der Waals surface area contributed by atoms with Crippen LogP contribution in [0.25, 0.3) is 0 Å². The van der Waals surface area contributed by atoms with Gasteiger partial charge in [-0.15, -0.1) is 0 Å². The van der Waals surface area contributed by atoms with Crippen molar-refractivity contribution in [3.63, 3.8) is 0 Å². The van der Waals surface area contributed by atoms with E-state index in [9.17, 15) is 9.59 Å². The van der Waals surface area contributed by atoms with Gasteiger partial charge < -0.3 is 0 Å². The maximum Gasteiger partial charge on any atom is 0.244 e. The first-order chi connectivity index (χ1) is 6.16. The number of unbranched alkanes of at least 4 members (excludes halogenated alkanes) is 1. The second kappa shape index (κ2) is 4.38. The van der Waals surface area contributed by atoms with Gasteiger partial charge in [-0.2, -0.15) is 0 Å². The Balaban J connectivity index is 2.75. The van der Waals surface area contributed by atoms with E-state index >= 15 is 0 Å². The molecular formula is C10H11ClO2. The predicted octanol–water partition coefficient (Wildman–Crippen LogP) is 2.38. The summed E-state index contributed by atoms with van der Waals surface area (Å²) in [5, 5.41) is 0.0187. The molecule has 0 saturated carbocycles. The van der Waals surface area contributed by atoms with Crippen molar-refractivity contribution in [2.75, 3.05) is 0 Å². The van der Waals surface area contributed by atoms with Crippen LogP contribution in [0, 0.1) is 0 Å². The highest BCUT2D eigenvalue weighted by Gasteiger charge is 2.23. The van der Waals surface area contributed by atoms with Gasteiger partial charge in [-0.1, -0.05) is 31.0 Å². The van der Waals surface area contributed by atoms with Crippen molar-refractivity contribution in [2.45, 2.75) is 26.2 Å². The highest BCUT2D eigenvalue weighted by atomic mass is 35.5. The summed E-state index contributed by atoms with van der Waals surface area (Å²) in [5.41, 5.74) is 0.580. The van der Waals surface area contributed by atoms with Crippen molar-refractivity contribution in [1.29, 1.82) is 0 Å². The van der Waals surface area contributed by atoms with E-state index in [1.807, 2.05) is 6.92 Å². The fourth-order valence-electron chi connectivity index (χ4n) is 1.14. The molecule has 0 unspecified atom stereocenters. The van der Waals surface area contributed by atoms with Gasteiger partial charge in [0, 0.05) is 5.57 Å². The van der Waals surface area contributed by atoms with E-state index in [4.69, 9.17) is 11.6 Å². The van der Waals surface area contributed by atoms with Gasteiger partial charge in [-0.05, 0) is 18.9 Å². The molecule has 0 aromatic carbocycles. The van der Waals surface area contributed by atoms with Crippen molar-refractivity contribution in [3.05, 3.63) is 22.8 Å². The molecule has 0 bridgehead atoms. The van der Waals surface area contributed by atoms with Gasteiger partial charge in [0.15, 0.2) is 0 Å².